The van der Waals surface area contributed by atoms with Crippen LogP contribution >= 0.6 is 11.7 Å². The largest absolute Gasteiger partial charge is 0.496 e. The average molecular weight is 425 g/mol. The lowest BCUT2D eigenvalue weighted by molar-refractivity contribution is -0.133. The van der Waals surface area contributed by atoms with Gasteiger partial charge in [-0.25, -0.2) is 4.79 Å². The summed E-state index contributed by atoms with van der Waals surface area (Å²) >= 11 is 1.04. The van der Waals surface area contributed by atoms with Crippen LogP contribution in [-0.2, 0) is 16.0 Å². The van der Waals surface area contributed by atoms with Crippen molar-refractivity contribution < 1.29 is 19.1 Å². The Bertz CT molecular complexity index is 1150. The first kappa shape index (κ1) is 19.8. The number of methoxy groups -OCH3 is 1. The molecule has 2 N–H and O–H groups in total. The van der Waals surface area contributed by atoms with Crippen LogP contribution in [0.15, 0.2) is 42.5 Å². The van der Waals surface area contributed by atoms with Gasteiger partial charge in [-0.3, -0.25) is 14.5 Å². The summed E-state index contributed by atoms with van der Waals surface area (Å²) in [6.45, 7) is 1.24. The Kier molecular flexibility index (Phi) is 5.08. The van der Waals surface area contributed by atoms with Crippen LogP contribution < -0.4 is 15.4 Å². The number of ether oxygens (including phenoxy) is 1. The molecule has 0 radical (unpaired) electrons. The van der Waals surface area contributed by atoms with E-state index in [1.54, 1.807) is 38.3 Å². The number of carbonyl (C=O) groups excluding carboxylic acids is 3. The molecule has 0 aliphatic carbocycles. The van der Waals surface area contributed by atoms with Crippen molar-refractivity contribution in [3.05, 3.63) is 48.0 Å². The van der Waals surface area contributed by atoms with Crippen LogP contribution in [0.1, 0.15) is 12.5 Å². The van der Waals surface area contributed by atoms with Gasteiger partial charge < -0.3 is 15.4 Å². The van der Waals surface area contributed by atoms with Crippen molar-refractivity contribution in [2.45, 2.75) is 18.9 Å². The number of imide groups is 1. The van der Waals surface area contributed by atoms with Gasteiger partial charge in [-0.2, -0.15) is 8.75 Å². The van der Waals surface area contributed by atoms with Gasteiger partial charge in [-0.15, -0.1) is 0 Å². The molecule has 4 amide bonds. The van der Waals surface area contributed by atoms with Crippen LogP contribution in [0.2, 0.25) is 0 Å². The second-order valence-electron chi connectivity index (χ2n) is 7.13. The normalized spacial score (nSPS) is 18.5. The second kappa shape index (κ2) is 7.71. The third kappa shape index (κ3) is 3.57. The van der Waals surface area contributed by atoms with Gasteiger partial charge in [0, 0.05) is 6.42 Å². The number of nitrogens with zero attached hydrogens (tertiary/aromatic N) is 3. The van der Waals surface area contributed by atoms with Crippen LogP contribution in [0.4, 0.5) is 10.5 Å². The van der Waals surface area contributed by atoms with E-state index in [0.29, 0.717) is 22.5 Å². The van der Waals surface area contributed by atoms with Crippen molar-refractivity contribution in [2.75, 3.05) is 19.0 Å². The Hall–Kier alpha value is -3.53. The summed E-state index contributed by atoms with van der Waals surface area (Å²) in [5.41, 5.74) is 1.32. The lowest BCUT2D eigenvalue weighted by Crippen LogP contribution is -2.46. The number of anilines is 1. The van der Waals surface area contributed by atoms with E-state index in [9.17, 15) is 14.4 Å². The quantitative estimate of drug-likeness (QED) is 0.586. The zero-order chi connectivity index (χ0) is 21.3. The van der Waals surface area contributed by atoms with Crippen LogP contribution in [0.25, 0.3) is 11.0 Å². The number of hydrogen-bond acceptors (Lipinski definition) is 7. The fourth-order valence-electron chi connectivity index (χ4n) is 3.48. The molecule has 0 bridgehead atoms. The molecule has 1 aliphatic heterocycles. The predicted octanol–water partition coefficient (Wildman–Crippen LogP) is 2.19. The smallest absolute Gasteiger partial charge is 0.325 e. The number of nitrogens with one attached hydrogen (secondary N) is 2. The number of hydrogen-bond donors (Lipinski definition) is 2. The molecule has 0 spiro atoms. The van der Waals surface area contributed by atoms with E-state index >= 15 is 0 Å². The SMILES string of the molecule is COc1ccccc1C[C@]1(C)NC(=O)N(CC(=O)Nc2cccc3nsnc23)C1=O. The third-order valence-electron chi connectivity index (χ3n) is 4.94. The van der Waals surface area contributed by atoms with Crippen LogP contribution in [-0.4, -0.2) is 50.7 Å². The van der Waals surface area contributed by atoms with Crippen LogP contribution in [0.3, 0.4) is 0 Å². The van der Waals surface area contributed by atoms with E-state index in [-0.39, 0.29) is 6.42 Å². The summed E-state index contributed by atoms with van der Waals surface area (Å²) in [4.78, 5) is 38.9. The molecule has 1 aliphatic rings. The standard InChI is InChI=1S/C20H19N5O4S/c1-20(10-12-6-3-4-9-15(12)29-2)18(27)25(19(28)22-20)11-16(26)21-13-7-5-8-14-17(13)24-30-23-14/h3-9H,10-11H2,1-2H3,(H,21,26)(H,22,28)/t20-/m0/s1. The van der Waals surface area contributed by atoms with Gasteiger partial charge in [0.15, 0.2) is 0 Å². The number of para-hydroxylation sites is 1. The number of fused-ring (bicyclic) bond motifs is 1. The fraction of sp³-hybridized carbons (Fsp3) is 0.250. The zero-order valence-electron chi connectivity index (χ0n) is 16.3. The summed E-state index contributed by atoms with van der Waals surface area (Å²) in [6, 6.07) is 11.9. The number of aromatic nitrogens is 2. The van der Waals surface area contributed by atoms with E-state index < -0.39 is 29.9 Å². The van der Waals surface area contributed by atoms with E-state index in [0.717, 1.165) is 22.2 Å². The maximum atomic E-state index is 13.0. The number of amides is 4. The Labute approximate surface area is 176 Å². The Morgan fingerprint density at radius 2 is 2.00 bits per heavy atom. The molecule has 2 aromatic carbocycles. The third-order valence-corrected chi connectivity index (χ3v) is 5.49. The second-order valence-corrected chi connectivity index (χ2v) is 7.66. The molecule has 10 heteroatoms. The van der Waals surface area contributed by atoms with Gasteiger partial charge >= 0.3 is 6.03 Å². The Balaban J connectivity index is 1.48. The van der Waals surface area contributed by atoms with Gasteiger partial charge in [0.05, 0.1) is 24.5 Å². The maximum Gasteiger partial charge on any atom is 0.325 e. The maximum absolute atomic E-state index is 13.0. The average Bonchev–Trinajstić information content (AvgIpc) is 3.28. The van der Waals surface area contributed by atoms with Crippen molar-refractivity contribution in [1.82, 2.24) is 19.0 Å². The molecular formula is C20H19N5O4S. The van der Waals surface area contributed by atoms with E-state index in [1.807, 2.05) is 18.2 Å². The highest BCUT2D eigenvalue weighted by molar-refractivity contribution is 7.00. The lowest BCUT2D eigenvalue weighted by atomic mass is 9.92. The van der Waals surface area contributed by atoms with Crippen LogP contribution in [0.5, 0.6) is 5.75 Å². The minimum Gasteiger partial charge on any atom is -0.496 e. The number of rotatable bonds is 6. The molecule has 0 saturated carbocycles. The minimum atomic E-state index is -1.18. The van der Waals surface area contributed by atoms with Crippen molar-refractivity contribution in [2.24, 2.45) is 0 Å². The summed E-state index contributed by atoms with van der Waals surface area (Å²) in [5, 5.41) is 5.41. The first-order valence-electron chi connectivity index (χ1n) is 9.18. The van der Waals surface area contributed by atoms with Crippen molar-refractivity contribution in [1.29, 1.82) is 0 Å². The molecule has 9 nitrogen and oxygen atoms in total. The minimum absolute atomic E-state index is 0.240. The summed E-state index contributed by atoms with van der Waals surface area (Å²) in [5.74, 6) is -0.343. The van der Waals surface area contributed by atoms with E-state index in [2.05, 4.69) is 19.4 Å². The molecular weight excluding hydrogens is 406 g/mol. The highest BCUT2D eigenvalue weighted by atomic mass is 32.1. The first-order chi connectivity index (χ1) is 14.4. The number of carbonyl (C=O) groups is 3. The van der Waals surface area contributed by atoms with Gasteiger partial charge in [-0.1, -0.05) is 24.3 Å². The molecule has 3 aromatic rings. The Morgan fingerprint density at radius 3 is 2.80 bits per heavy atom. The topological polar surface area (TPSA) is 114 Å². The van der Waals surface area contributed by atoms with E-state index in [4.69, 9.17) is 4.74 Å². The molecule has 4 rings (SSSR count). The molecule has 154 valence electrons. The summed E-state index contributed by atoms with van der Waals surface area (Å²) < 4.78 is 13.6. The van der Waals surface area contributed by atoms with Gasteiger partial charge in [0.2, 0.25) is 5.91 Å². The fourth-order valence-corrected chi connectivity index (χ4v) is 4.03. The van der Waals surface area contributed by atoms with Gasteiger partial charge in [0.1, 0.15) is 28.9 Å². The molecule has 1 saturated heterocycles. The molecule has 1 fully saturated rings. The molecule has 0 unspecified atom stereocenters. The number of benzene rings is 2. The molecule has 1 atom stereocenters. The highest BCUT2D eigenvalue weighted by Gasteiger charge is 2.48. The van der Waals surface area contributed by atoms with Crippen LogP contribution in [0, 0.1) is 0 Å². The van der Waals surface area contributed by atoms with Crippen molar-refractivity contribution in [3.63, 3.8) is 0 Å². The van der Waals surface area contributed by atoms with Crippen molar-refractivity contribution in [3.8, 4) is 5.75 Å². The lowest BCUT2D eigenvalue weighted by Gasteiger charge is -2.22. The highest BCUT2D eigenvalue weighted by Crippen LogP contribution is 2.27. The summed E-state index contributed by atoms with van der Waals surface area (Å²) in [6.07, 6.45) is 0.240. The van der Waals surface area contributed by atoms with Crippen molar-refractivity contribution >= 4 is 46.3 Å². The predicted molar refractivity (Wildman–Crippen MR) is 111 cm³/mol. The zero-order valence-corrected chi connectivity index (χ0v) is 17.2. The van der Waals surface area contributed by atoms with Gasteiger partial charge in [-0.05, 0) is 30.7 Å². The first-order valence-corrected chi connectivity index (χ1v) is 9.91. The monoisotopic (exact) mass is 425 g/mol. The molecule has 2 heterocycles. The summed E-state index contributed by atoms with van der Waals surface area (Å²) in [7, 11) is 1.55. The molecule has 30 heavy (non-hydrogen) atoms. The van der Waals surface area contributed by atoms with E-state index in [1.165, 1.54) is 0 Å². The number of urea groups is 1. The Morgan fingerprint density at radius 1 is 1.20 bits per heavy atom. The van der Waals surface area contributed by atoms with Gasteiger partial charge in [0.25, 0.3) is 5.91 Å². The molecule has 1 aromatic heterocycles.